The number of hydrogen-bond acceptors (Lipinski definition) is 1. The lowest BCUT2D eigenvalue weighted by molar-refractivity contribution is 0.241. The van der Waals surface area contributed by atoms with Gasteiger partial charge in [0.2, 0.25) is 0 Å². The molecule has 0 aromatic heterocycles. The van der Waals surface area contributed by atoms with E-state index in [4.69, 9.17) is 11.8 Å². The number of nitrogens with two attached hydrogens (primary N) is 1. The summed E-state index contributed by atoms with van der Waals surface area (Å²) < 4.78 is 0.667. The molecule has 0 aliphatic heterocycles. The molecule has 0 rings (SSSR count). The van der Waals surface area contributed by atoms with E-state index < -0.39 is 6.03 Å². The highest BCUT2D eigenvalue weighted by molar-refractivity contribution is 6.21. The van der Waals surface area contributed by atoms with Crippen molar-refractivity contribution in [2.24, 2.45) is 5.73 Å². The zero-order valence-corrected chi connectivity index (χ0v) is 4.35. The van der Waals surface area contributed by atoms with Crippen LogP contribution in [0.15, 0.2) is 12.8 Å². The van der Waals surface area contributed by atoms with Crippen molar-refractivity contribution in [2.45, 2.75) is 0 Å². The number of amides is 2. The first-order valence-electron chi connectivity index (χ1n) is 1.55. The monoisotopic (exact) mass is 120 g/mol. The van der Waals surface area contributed by atoms with Crippen molar-refractivity contribution in [1.29, 1.82) is 0 Å². The first-order valence-corrected chi connectivity index (χ1v) is 1.89. The average Bonchev–Trinajstić information content (AvgIpc) is 1.65. The lowest BCUT2D eigenvalue weighted by atomic mass is 10.9. The van der Waals surface area contributed by atoms with Crippen molar-refractivity contribution < 1.29 is 4.79 Å². The molecule has 2 amide bonds. The predicted octanol–water partition coefficient (Wildman–Crippen LogP) is 0.664. The van der Waals surface area contributed by atoms with Gasteiger partial charge in [0.05, 0.1) is 0 Å². The number of nitrogens with zero attached hydrogens (tertiary/aromatic N) is 1. The van der Waals surface area contributed by atoms with Crippen LogP contribution in [0.4, 0.5) is 4.79 Å². The second-order valence-corrected chi connectivity index (χ2v) is 1.20. The maximum absolute atomic E-state index is 9.88. The molecule has 0 aliphatic carbocycles. The van der Waals surface area contributed by atoms with Crippen LogP contribution in [0, 0.1) is 0 Å². The van der Waals surface area contributed by atoms with E-state index in [1.807, 2.05) is 0 Å². The minimum absolute atomic E-state index is 0.667. The summed E-state index contributed by atoms with van der Waals surface area (Å²) in [7, 11) is 0. The molecule has 0 saturated carbocycles. The third kappa shape index (κ3) is 2.05. The van der Waals surface area contributed by atoms with E-state index in [0.29, 0.717) is 4.42 Å². The highest BCUT2D eigenvalue weighted by atomic mass is 35.5. The van der Waals surface area contributed by atoms with Gasteiger partial charge in [0.25, 0.3) is 0 Å². The van der Waals surface area contributed by atoms with Crippen molar-refractivity contribution in [3.63, 3.8) is 0 Å². The van der Waals surface area contributed by atoms with Crippen molar-refractivity contribution in [3.05, 3.63) is 12.8 Å². The second-order valence-electron chi connectivity index (χ2n) is 0.832. The van der Waals surface area contributed by atoms with Gasteiger partial charge in [-0.2, -0.15) is 0 Å². The number of halogens is 1. The molecule has 0 aromatic carbocycles. The molecule has 0 saturated heterocycles. The third-order valence-corrected chi connectivity index (χ3v) is 0.675. The summed E-state index contributed by atoms with van der Waals surface area (Å²) in [6, 6.07) is -0.725. The molecule has 0 fully saturated rings. The molecular formula is C3H5ClN2O. The van der Waals surface area contributed by atoms with E-state index in [-0.39, 0.29) is 0 Å². The number of rotatable bonds is 1. The largest absolute Gasteiger partial charge is 0.350 e. The Labute approximate surface area is 46.5 Å². The molecule has 0 aliphatic rings. The van der Waals surface area contributed by atoms with Gasteiger partial charge in [0, 0.05) is 18.0 Å². The van der Waals surface area contributed by atoms with E-state index in [9.17, 15) is 4.79 Å². The Kier molecular flexibility index (Phi) is 2.22. The molecule has 4 heteroatoms. The minimum atomic E-state index is -0.725. The Morgan fingerprint density at radius 2 is 2.43 bits per heavy atom. The molecule has 0 unspecified atom stereocenters. The molecule has 0 aromatic rings. The quantitative estimate of drug-likeness (QED) is 0.508. The molecule has 0 atom stereocenters. The Hall–Kier alpha value is -0.700. The summed E-state index contributed by atoms with van der Waals surface area (Å²) in [4.78, 5) is 9.88. The molecule has 0 radical (unpaired) electrons. The maximum Gasteiger partial charge on any atom is 0.333 e. The minimum Gasteiger partial charge on any atom is -0.350 e. The van der Waals surface area contributed by atoms with Crippen LogP contribution in [0.3, 0.4) is 0 Å². The smallest absolute Gasteiger partial charge is 0.333 e. The number of urea groups is 1. The number of carbonyl (C=O) groups excluding carboxylic acids is 1. The average molecular weight is 121 g/mol. The lowest BCUT2D eigenvalue weighted by Crippen LogP contribution is -2.22. The summed E-state index contributed by atoms with van der Waals surface area (Å²) in [5.74, 6) is 0. The normalized spacial score (nSPS) is 7.57. The fraction of sp³-hybridized carbons (Fsp3) is 0. The summed E-state index contributed by atoms with van der Waals surface area (Å²) in [5, 5.41) is 0. The molecule has 2 N–H and O–H groups in total. The zero-order chi connectivity index (χ0) is 5.86. The van der Waals surface area contributed by atoms with Gasteiger partial charge in [-0.05, 0) is 0 Å². The van der Waals surface area contributed by atoms with E-state index in [1.54, 1.807) is 0 Å². The molecule has 3 nitrogen and oxygen atoms in total. The van der Waals surface area contributed by atoms with Gasteiger partial charge in [-0.3, -0.25) is 0 Å². The number of hydrogen-bond donors (Lipinski definition) is 1. The van der Waals surface area contributed by atoms with Crippen LogP contribution >= 0.6 is 11.8 Å². The zero-order valence-electron chi connectivity index (χ0n) is 3.60. The molecule has 7 heavy (non-hydrogen) atoms. The third-order valence-electron chi connectivity index (χ3n) is 0.371. The van der Waals surface area contributed by atoms with Crippen molar-refractivity contribution in [2.75, 3.05) is 0 Å². The second kappa shape index (κ2) is 2.47. The Bertz CT molecular complexity index is 92.9. The Morgan fingerprint density at radius 1 is 2.00 bits per heavy atom. The van der Waals surface area contributed by atoms with Crippen LogP contribution < -0.4 is 5.73 Å². The van der Waals surface area contributed by atoms with E-state index in [0.717, 1.165) is 6.20 Å². The van der Waals surface area contributed by atoms with Crippen molar-refractivity contribution in [3.8, 4) is 0 Å². The lowest BCUT2D eigenvalue weighted by Gasteiger charge is -1.99. The predicted molar refractivity (Wildman–Crippen MR) is 27.5 cm³/mol. The van der Waals surface area contributed by atoms with E-state index in [2.05, 4.69) is 12.3 Å². The summed E-state index contributed by atoms with van der Waals surface area (Å²) >= 11 is 5.04. The van der Waals surface area contributed by atoms with Crippen molar-refractivity contribution in [1.82, 2.24) is 4.42 Å². The number of primary amides is 1. The first-order chi connectivity index (χ1) is 3.18. The Balaban J connectivity index is 3.55. The van der Waals surface area contributed by atoms with Crippen LogP contribution in [0.1, 0.15) is 0 Å². The first kappa shape index (κ1) is 6.30. The Morgan fingerprint density at radius 3 is 2.43 bits per heavy atom. The fourth-order valence-corrected chi connectivity index (χ4v) is 0.0900. The molecule has 0 bridgehead atoms. The van der Waals surface area contributed by atoms with E-state index in [1.165, 1.54) is 0 Å². The van der Waals surface area contributed by atoms with Crippen LogP contribution in [0.5, 0.6) is 0 Å². The van der Waals surface area contributed by atoms with Crippen LogP contribution in [-0.4, -0.2) is 10.5 Å². The molecule has 40 valence electrons. The highest BCUT2D eigenvalue weighted by Gasteiger charge is 1.95. The fourth-order valence-electron chi connectivity index (χ4n) is 0.0900. The standard InChI is InChI=1S/C3H5ClN2O/c1-2-6(4)3(5)7/h2H,1H2,(H2,5,7). The molecular weight excluding hydrogens is 115 g/mol. The van der Waals surface area contributed by atoms with Gasteiger partial charge in [-0.15, -0.1) is 0 Å². The molecule has 0 spiro atoms. The summed E-state index contributed by atoms with van der Waals surface area (Å²) in [5.41, 5.74) is 4.63. The highest BCUT2D eigenvalue weighted by Crippen LogP contribution is 1.89. The van der Waals surface area contributed by atoms with Gasteiger partial charge in [-0.25, -0.2) is 9.21 Å². The van der Waals surface area contributed by atoms with Gasteiger partial charge in [0.1, 0.15) is 0 Å². The molecule has 0 heterocycles. The maximum atomic E-state index is 9.88. The summed E-state index contributed by atoms with van der Waals surface area (Å²) in [6.45, 7) is 3.18. The van der Waals surface area contributed by atoms with Gasteiger partial charge >= 0.3 is 6.03 Å². The van der Waals surface area contributed by atoms with E-state index >= 15 is 0 Å². The van der Waals surface area contributed by atoms with Gasteiger partial charge in [0.15, 0.2) is 0 Å². The van der Waals surface area contributed by atoms with Crippen LogP contribution in [0.2, 0.25) is 0 Å². The number of carbonyl (C=O) groups is 1. The van der Waals surface area contributed by atoms with Crippen LogP contribution in [-0.2, 0) is 0 Å². The summed E-state index contributed by atoms with van der Waals surface area (Å²) in [6.07, 6.45) is 1.11. The van der Waals surface area contributed by atoms with Crippen molar-refractivity contribution >= 4 is 17.8 Å². The van der Waals surface area contributed by atoms with Gasteiger partial charge < -0.3 is 5.73 Å². The topological polar surface area (TPSA) is 46.3 Å². The van der Waals surface area contributed by atoms with Gasteiger partial charge in [-0.1, -0.05) is 6.58 Å². The van der Waals surface area contributed by atoms with Crippen LogP contribution in [0.25, 0.3) is 0 Å². The SMILES string of the molecule is C=CN(Cl)C(N)=O.